The summed E-state index contributed by atoms with van der Waals surface area (Å²) in [6, 6.07) is 3.01. The van der Waals surface area contributed by atoms with Gasteiger partial charge in [0.05, 0.1) is 5.56 Å². The minimum Gasteiger partial charge on any atom is -0.285 e. The number of carbonyl (C=O) groups is 1. The van der Waals surface area contributed by atoms with Crippen LogP contribution in [-0.2, 0) is 4.79 Å². The van der Waals surface area contributed by atoms with Crippen molar-refractivity contribution in [3.05, 3.63) is 35.4 Å². The molecule has 1 rings (SSSR count). The third kappa shape index (κ3) is 2.68. The lowest BCUT2D eigenvalue weighted by molar-refractivity contribution is -0.111. The molecule has 0 radical (unpaired) electrons. The van der Waals surface area contributed by atoms with Gasteiger partial charge in [-0.15, -0.1) is 0 Å². The molecule has 0 atom stereocenters. The fourth-order valence-corrected chi connectivity index (χ4v) is 0.746. The third-order valence-corrected chi connectivity index (χ3v) is 1.30. The molecule has 0 amide bonds. The smallest absolute Gasteiger partial charge is 0.202 e. The average Bonchev–Trinajstić information content (AvgIpc) is 2.02. The quantitative estimate of drug-likeness (QED) is 0.557. The molecule has 0 saturated heterocycles. The Morgan fingerprint density at radius 1 is 1.38 bits per heavy atom. The number of halogens is 2. The highest BCUT2D eigenvalue weighted by molar-refractivity contribution is 5.93. The Kier molecular flexibility index (Phi) is 2.76. The lowest BCUT2D eigenvalue weighted by Gasteiger charge is -1.92. The lowest BCUT2D eigenvalue weighted by Crippen LogP contribution is -1.87. The van der Waals surface area contributed by atoms with Crippen molar-refractivity contribution in [3.63, 3.8) is 0 Å². The number of hydrogen-bond donors (Lipinski definition) is 0. The van der Waals surface area contributed by atoms with Gasteiger partial charge in [-0.3, -0.25) is 4.79 Å². The lowest BCUT2D eigenvalue weighted by atomic mass is 10.2. The zero-order valence-corrected chi connectivity index (χ0v) is 6.90. The van der Waals surface area contributed by atoms with E-state index in [2.05, 4.69) is 11.8 Å². The predicted molar refractivity (Wildman–Crippen MR) is 43.9 cm³/mol. The van der Waals surface area contributed by atoms with Crippen molar-refractivity contribution in [1.29, 1.82) is 0 Å². The molecule has 0 fully saturated rings. The summed E-state index contributed by atoms with van der Waals surface area (Å²) in [6.07, 6.45) is 0. The first-order valence-electron chi connectivity index (χ1n) is 3.57. The Morgan fingerprint density at radius 3 is 2.62 bits per heavy atom. The second kappa shape index (κ2) is 3.81. The van der Waals surface area contributed by atoms with Gasteiger partial charge in [-0.2, -0.15) is 0 Å². The Labute approximate surface area is 74.4 Å². The molecule has 0 aliphatic carbocycles. The molecule has 1 aromatic rings. The summed E-state index contributed by atoms with van der Waals surface area (Å²) in [5.74, 6) is 2.69. The van der Waals surface area contributed by atoms with Crippen LogP contribution in [0.1, 0.15) is 12.5 Å². The number of rotatable bonds is 0. The van der Waals surface area contributed by atoms with E-state index < -0.39 is 11.6 Å². The van der Waals surface area contributed by atoms with Gasteiger partial charge < -0.3 is 0 Å². The van der Waals surface area contributed by atoms with Crippen molar-refractivity contribution in [1.82, 2.24) is 0 Å². The van der Waals surface area contributed by atoms with Crippen LogP contribution in [0.25, 0.3) is 0 Å². The van der Waals surface area contributed by atoms with Crippen LogP contribution in [-0.4, -0.2) is 5.78 Å². The molecule has 0 heterocycles. The molecule has 0 saturated carbocycles. The zero-order chi connectivity index (χ0) is 9.84. The highest BCUT2D eigenvalue weighted by atomic mass is 19.1. The van der Waals surface area contributed by atoms with Crippen LogP contribution in [0.3, 0.4) is 0 Å². The van der Waals surface area contributed by atoms with Crippen molar-refractivity contribution in [3.8, 4) is 11.8 Å². The number of benzene rings is 1. The maximum absolute atomic E-state index is 12.8. The Morgan fingerprint density at radius 2 is 2.08 bits per heavy atom. The second-order valence-electron chi connectivity index (χ2n) is 2.43. The van der Waals surface area contributed by atoms with E-state index in [4.69, 9.17) is 0 Å². The van der Waals surface area contributed by atoms with Gasteiger partial charge in [-0.05, 0) is 18.1 Å². The van der Waals surface area contributed by atoms with Gasteiger partial charge in [-0.25, -0.2) is 8.78 Å². The van der Waals surface area contributed by atoms with E-state index in [1.165, 1.54) is 13.0 Å². The van der Waals surface area contributed by atoms with Crippen LogP contribution >= 0.6 is 0 Å². The largest absolute Gasteiger partial charge is 0.285 e. The fraction of sp³-hybridized carbons (Fsp3) is 0.100. The van der Waals surface area contributed by atoms with E-state index in [9.17, 15) is 13.6 Å². The van der Waals surface area contributed by atoms with Crippen molar-refractivity contribution in [2.45, 2.75) is 6.92 Å². The Bertz CT molecular complexity index is 399. The zero-order valence-electron chi connectivity index (χ0n) is 6.90. The summed E-state index contributed by atoms with van der Waals surface area (Å²) in [6.45, 7) is 1.27. The van der Waals surface area contributed by atoms with Gasteiger partial charge in [0, 0.05) is 13.0 Å². The molecule has 66 valence electrons. The summed E-state index contributed by atoms with van der Waals surface area (Å²) in [5.41, 5.74) is 0.0246. The fourth-order valence-electron chi connectivity index (χ4n) is 0.746. The molecule has 0 aliphatic heterocycles. The molecule has 1 aromatic carbocycles. The van der Waals surface area contributed by atoms with Crippen LogP contribution < -0.4 is 0 Å². The highest BCUT2D eigenvalue weighted by Crippen LogP contribution is 2.07. The third-order valence-electron chi connectivity index (χ3n) is 1.30. The number of carbonyl (C=O) groups excluding carboxylic acids is 1. The summed E-state index contributed by atoms with van der Waals surface area (Å²) in [4.78, 5) is 10.4. The van der Waals surface area contributed by atoms with Crippen molar-refractivity contribution in [2.24, 2.45) is 0 Å². The maximum Gasteiger partial charge on any atom is 0.202 e. The van der Waals surface area contributed by atoms with Crippen molar-refractivity contribution in [2.75, 3.05) is 0 Å². The molecular formula is C10H6F2O. The van der Waals surface area contributed by atoms with Gasteiger partial charge in [0.2, 0.25) is 5.78 Å². The molecular weight excluding hydrogens is 174 g/mol. The van der Waals surface area contributed by atoms with Crippen molar-refractivity contribution < 1.29 is 13.6 Å². The van der Waals surface area contributed by atoms with Crippen molar-refractivity contribution >= 4 is 5.78 Å². The van der Waals surface area contributed by atoms with Crippen LogP contribution in [0.15, 0.2) is 18.2 Å². The molecule has 3 heteroatoms. The van der Waals surface area contributed by atoms with E-state index in [1.54, 1.807) is 0 Å². The van der Waals surface area contributed by atoms with Gasteiger partial charge >= 0.3 is 0 Å². The van der Waals surface area contributed by atoms with Gasteiger partial charge in [0.15, 0.2) is 0 Å². The second-order valence-corrected chi connectivity index (χ2v) is 2.43. The SMILES string of the molecule is CC(=O)C#Cc1ccc(F)cc1F. The minimum absolute atomic E-state index is 0.0246. The molecule has 1 nitrogen and oxygen atoms in total. The van der Waals surface area contributed by atoms with Crippen LogP contribution in [0.5, 0.6) is 0 Å². The first-order valence-corrected chi connectivity index (χ1v) is 3.57. The van der Waals surface area contributed by atoms with Gasteiger partial charge in [-0.1, -0.05) is 5.92 Å². The van der Waals surface area contributed by atoms with Gasteiger partial charge in [0.1, 0.15) is 11.6 Å². The van der Waals surface area contributed by atoms with E-state index in [0.29, 0.717) is 0 Å². The molecule has 0 unspecified atom stereocenters. The Hall–Kier alpha value is -1.69. The normalized spacial score (nSPS) is 8.85. The number of Topliss-reactive ketones (excluding diaryl/α,β-unsaturated/α-hetero) is 1. The van der Waals surface area contributed by atoms with Crippen LogP contribution in [0.2, 0.25) is 0 Å². The maximum atomic E-state index is 12.8. The number of ketones is 1. The predicted octanol–water partition coefficient (Wildman–Crippen LogP) is 1.91. The summed E-state index contributed by atoms with van der Waals surface area (Å²) in [7, 11) is 0. The standard InChI is InChI=1S/C10H6F2O/c1-7(13)2-3-8-4-5-9(11)6-10(8)12/h4-6H,1H3. The molecule has 0 bridgehead atoms. The molecule has 0 aromatic heterocycles. The first kappa shape index (κ1) is 9.40. The van der Waals surface area contributed by atoms with Crippen LogP contribution in [0.4, 0.5) is 8.78 Å². The number of hydrogen-bond acceptors (Lipinski definition) is 1. The topological polar surface area (TPSA) is 17.1 Å². The van der Waals surface area contributed by atoms with E-state index in [0.717, 1.165) is 12.1 Å². The molecule has 13 heavy (non-hydrogen) atoms. The average molecular weight is 180 g/mol. The summed E-state index contributed by atoms with van der Waals surface area (Å²) < 4.78 is 25.2. The van der Waals surface area contributed by atoms with Gasteiger partial charge in [0.25, 0.3) is 0 Å². The van der Waals surface area contributed by atoms with E-state index >= 15 is 0 Å². The minimum atomic E-state index is -0.756. The molecule has 0 N–H and O–H groups in total. The van der Waals surface area contributed by atoms with E-state index in [-0.39, 0.29) is 11.3 Å². The molecule has 0 spiro atoms. The summed E-state index contributed by atoms with van der Waals surface area (Å²) in [5, 5.41) is 0. The molecule has 0 aliphatic rings. The van der Waals surface area contributed by atoms with E-state index in [1.807, 2.05) is 0 Å². The Balaban J connectivity index is 3.05. The highest BCUT2D eigenvalue weighted by Gasteiger charge is 1.99. The van der Waals surface area contributed by atoms with Crippen LogP contribution in [0, 0.1) is 23.5 Å². The monoisotopic (exact) mass is 180 g/mol. The summed E-state index contributed by atoms with van der Waals surface area (Å²) >= 11 is 0. The first-order chi connectivity index (χ1) is 6.09.